The van der Waals surface area contributed by atoms with Crippen LogP contribution in [0, 0.1) is 6.57 Å². The fourth-order valence-electron chi connectivity index (χ4n) is 6.59. The average Bonchev–Trinajstić information content (AvgIpc) is 3.25. The number of amides is 2. The standard InChI is InChI=1S/C31H45N7O3/c1-20(2)21-6-9-23(10-7-21)37-17-13-24(14-18-37)38-27-11-8-22(34-3)19-26(27)25(30(38)41)12-16-35-29(40)28(39)5-4-15-36-31(32)33/h8,11,19,23-25,28,39H,4-7,9-10,12-18H2,1-2H3,(H,35,40)(H4,32,33,36)/t25?,28-/m0/s1. The third-order valence-corrected chi connectivity index (χ3v) is 8.92. The number of aliphatic hydroxyl groups is 1. The van der Waals surface area contributed by atoms with Crippen molar-refractivity contribution >= 4 is 29.1 Å². The summed E-state index contributed by atoms with van der Waals surface area (Å²) in [5.41, 5.74) is 15.9. The second kappa shape index (κ2) is 14.0. The zero-order valence-corrected chi connectivity index (χ0v) is 24.4. The van der Waals surface area contributed by atoms with Crippen LogP contribution in [0.1, 0.15) is 83.1 Å². The van der Waals surface area contributed by atoms with Gasteiger partial charge in [-0.25, -0.2) is 4.85 Å². The van der Waals surface area contributed by atoms with Crippen LogP contribution < -0.4 is 21.7 Å². The summed E-state index contributed by atoms with van der Waals surface area (Å²) in [5, 5.41) is 13.0. The first kappa shape index (κ1) is 30.5. The average molecular weight is 564 g/mol. The van der Waals surface area contributed by atoms with Gasteiger partial charge in [-0.1, -0.05) is 23.3 Å². The summed E-state index contributed by atoms with van der Waals surface area (Å²) >= 11 is 0. The molecule has 41 heavy (non-hydrogen) atoms. The van der Waals surface area contributed by atoms with Crippen LogP contribution in [0.5, 0.6) is 0 Å². The van der Waals surface area contributed by atoms with Gasteiger partial charge in [0.2, 0.25) is 11.8 Å². The van der Waals surface area contributed by atoms with E-state index >= 15 is 0 Å². The number of rotatable bonds is 10. The largest absolute Gasteiger partial charge is 0.383 e. The van der Waals surface area contributed by atoms with Crippen LogP contribution >= 0.6 is 0 Å². The zero-order valence-electron chi connectivity index (χ0n) is 24.4. The Kier molecular flexibility index (Phi) is 10.4. The summed E-state index contributed by atoms with van der Waals surface area (Å²) in [6.45, 7) is 14.5. The smallest absolute Gasteiger partial charge is 0.248 e. The van der Waals surface area contributed by atoms with Gasteiger partial charge in [-0.3, -0.25) is 14.6 Å². The summed E-state index contributed by atoms with van der Waals surface area (Å²) in [6, 6.07) is 6.27. The van der Waals surface area contributed by atoms with Crippen LogP contribution in [-0.2, 0) is 9.59 Å². The molecule has 6 N–H and O–H groups in total. The van der Waals surface area contributed by atoms with E-state index in [0.717, 1.165) is 37.2 Å². The lowest BCUT2D eigenvalue weighted by Crippen LogP contribution is -2.50. The minimum absolute atomic E-state index is 0.0196. The van der Waals surface area contributed by atoms with Crippen molar-refractivity contribution in [2.45, 2.75) is 95.7 Å². The molecular weight excluding hydrogens is 518 g/mol. The van der Waals surface area contributed by atoms with Gasteiger partial charge in [0.05, 0.1) is 12.5 Å². The Balaban J connectivity index is 1.34. The molecule has 0 spiro atoms. The predicted molar refractivity (Wildman–Crippen MR) is 162 cm³/mol. The fraction of sp³-hybridized carbons (Fsp3) is 0.613. The molecule has 0 bridgehead atoms. The number of carbonyl (C=O) groups is 2. The Bertz CT molecular complexity index is 1190. The van der Waals surface area contributed by atoms with Crippen molar-refractivity contribution < 1.29 is 14.7 Å². The predicted octanol–water partition coefficient (Wildman–Crippen LogP) is 3.33. The molecule has 1 aromatic carbocycles. The maximum Gasteiger partial charge on any atom is 0.248 e. The van der Waals surface area contributed by atoms with E-state index < -0.39 is 17.9 Å². The van der Waals surface area contributed by atoms with E-state index in [-0.39, 0.29) is 30.9 Å². The number of hydrogen-bond donors (Lipinski definition) is 4. The highest BCUT2D eigenvalue weighted by Gasteiger charge is 2.42. The fourth-order valence-corrected chi connectivity index (χ4v) is 6.59. The van der Waals surface area contributed by atoms with Crippen molar-refractivity contribution in [2.75, 3.05) is 31.1 Å². The maximum absolute atomic E-state index is 13.8. The van der Waals surface area contributed by atoms with Crippen molar-refractivity contribution in [1.29, 1.82) is 0 Å². The monoisotopic (exact) mass is 563 g/mol. The zero-order chi connectivity index (χ0) is 29.5. The lowest BCUT2D eigenvalue weighted by Gasteiger charge is -2.42. The summed E-state index contributed by atoms with van der Waals surface area (Å²) < 4.78 is 0. The first-order valence-corrected chi connectivity index (χ1v) is 14.9. The first-order chi connectivity index (χ1) is 19.7. The van der Waals surface area contributed by atoms with Gasteiger partial charge in [0.1, 0.15) is 6.10 Å². The maximum atomic E-state index is 13.8. The van der Waals surface area contributed by atoms with Crippen LogP contribution in [0.3, 0.4) is 0 Å². The Hall–Kier alpha value is -3.42. The number of guanidine groups is 1. The molecule has 1 saturated carbocycles. The number of nitrogens with zero attached hydrogens (tertiary/aromatic N) is 4. The molecule has 0 radical (unpaired) electrons. The number of carbonyl (C=O) groups excluding carboxylic acids is 2. The second-order valence-corrected chi connectivity index (χ2v) is 11.8. The van der Waals surface area contributed by atoms with E-state index in [1.165, 1.54) is 31.3 Å². The Morgan fingerprint density at radius 1 is 1.17 bits per heavy atom. The molecule has 3 aliphatic rings. The van der Waals surface area contributed by atoms with Gasteiger partial charge < -0.3 is 31.7 Å². The molecule has 10 nitrogen and oxygen atoms in total. The number of likely N-dealkylation sites (tertiary alicyclic amines) is 1. The van der Waals surface area contributed by atoms with Crippen LogP contribution in [0.4, 0.5) is 11.4 Å². The Labute approximate surface area is 243 Å². The topological polar surface area (TPSA) is 142 Å². The van der Waals surface area contributed by atoms with E-state index in [2.05, 4.69) is 33.9 Å². The summed E-state index contributed by atoms with van der Waals surface area (Å²) in [7, 11) is 0. The second-order valence-electron chi connectivity index (χ2n) is 11.8. The van der Waals surface area contributed by atoms with Gasteiger partial charge >= 0.3 is 0 Å². The van der Waals surface area contributed by atoms with Gasteiger partial charge in [0.15, 0.2) is 11.6 Å². The van der Waals surface area contributed by atoms with Crippen LogP contribution in [-0.4, -0.2) is 72.1 Å². The van der Waals surface area contributed by atoms with Crippen molar-refractivity contribution in [3.8, 4) is 0 Å². The van der Waals surface area contributed by atoms with E-state index in [1.54, 1.807) is 11.6 Å². The number of nitrogens with one attached hydrogen (secondary N) is 1. The lowest BCUT2D eigenvalue weighted by atomic mass is 9.86. The highest BCUT2D eigenvalue weighted by Crippen LogP contribution is 2.44. The number of fused-ring (bicyclic) bond motifs is 1. The van der Waals surface area contributed by atoms with Gasteiger partial charge in [0, 0.05) is 44.0 Å². The molecule has 2 amide bonds. The van der Waals surface area contributed by atoms with E-state index in [0.29, 0.717) is 31.1 Å². The van der Waals surface area contributed by atoms with Gasteiger partial charge in [0.25, 0.3) is 0 Å². The molecule has 4 rings (SSSR count). The number of piperidine rings is 1. The number of aliphatic hydroxyl groups excluding tert-OH is 1. The highest BCUT2D eigenvalue weighted by atomic mass is 16.3. The molecule has 10 heteroatoms. The molecular formula is C31H45N7O3. The third-order valence-electron chi connectivity index (χ3n) is 8.92. The minimum atomic E-state index is -1.16. The Morgan fingerprint density at radius 3 is 2.51 bits per heavy atom. The highest BCUT2D eigenvalue weighted by molar-refractivity contribution is 6.06. The molecule has 222 valence electrons. The molecule has 1 saturated heterocycles. The lowest BCUT2D eigenvalue weighted by molar-refractivity contribution is -0.129. The number of anilines is 1. The molecule has 2 atom stereocenters. The summed E-state index contributed by atoms with van der Waals surface area (Å²) in [6.07, 6.45) is 6.64. The number of benzene rings is 1. The van der Waals surface area contributed by atoms with Crippen molar-refractivity contribution in [3.63, 3.8) is 0 Å². The van der Waals surface area contributed by atoms with Crippen molar-refractivity contribution in [2.24, 2.45) is 16.5 Å². The van der Waals surface area contributed by atoms with E-state index in [1.807, 2.05) is 17.0 Å². The van der Waals surface area contributed by atoms with Gasteiger partial charge in [-0.05, 0) is 83.3 Å². The minimum Gasteiger partial charge on any atom is -0.383 e. The SMILES string of the molecule is [C-]#[N+]c1ccc2c(c1)C(CCNC(=O)[C@@H](O)CCCN=C(N)N)C(=O)N2C1CCN(C2CCC(=C(C)C)CC2)CC1. The molecule has 1 unspecified atom stereocenters. The molecule has 1 aromatic rings. The quantitative estimate of drug-likeness (QED) is 0.113. The first-order valence-electron chi connectivity index (χ1n) is 14.9. The van der Waals surface area contributed by atoms with Gasteiger partial charge in [-0.2, -0.15) is 0 Å². The molecule has 2 aliphatic heterocycles. The van der Waals surface area contributed by atoms with E-state index in [4.69, 9.17) is 18.0 Å². The van der Waals surface area contributed by atoms with Gasteiger partial charge in [-0.15, -0.1) is 0 Å². The number of allylic oxidation sites excluding steroid dienone is 2. The molecule has 1 aliphatic carbocycles. The van der Waals surface area contributed by atoms with Crippen LogP contribution in [0.2, 0.25) is 0 Å². The number of nitrogens with two attached hydrogens (primary N) is 2. The Morgan fingerprint density at radius 2 is 1.88 bits per heavy atom. The van der Waals surface area contributed by atoms with E-state index in [9.17, 15) is 14.7 Å². The number of aliphatic imine (C=N–C) groups is 1. The molecule has 2 heterocycles. The number of hydrogen-bond acceptors (Lipinski definition) is 5. The molecule has 0 aromatic heterocycles. The van der Waals surface area contributed by atoms with Crippen LogP contribution in [0.25, 0.3) is 4.85 Å². The molecule has 2 fully saturated rings. The normalized spacial score (nSPS) is 22.1. The van der Waals surface area contributed by atoms with Crippen molar-refractivity contribution in [1.82, 2.24) is 10.2 Å². The summed E-state index contributed by atoms with van der Waals surface area (Å²) in [4.78, 5) is 38.3. The third kappa shape index (κ3) is 7.46. The van der Waals surface area contributed by atoms with Crippen molar-refractivity contribution in [3.05, 3.63) is 46.3 Å². The van der Waals surface area contributed by atoms with Crippen LogP contribution in [0.15, 0.2) is 34.3 Å². The summed E-state index contributed by atoms with van der Waals surface area (Å²) in [5.74, 6) is -0.879.